The van der Waals surface area contributed by atoms with Gasteiger partial charge in [-0.25, -0.2) is 0 Å². The van der Waals surface area contributed by atoms with E-state index in [9.17, 15) is 4.79 Å². The van der Waals surface area contributed by atoms with Crippen molar-refractivity contribution in [3.63, 3.8) is 0 Å². The second kappa shape index (κ2) is 6.81. The molecule has 6 heteroatoms. The van der Waals surface area contributed by atoms with Crippen LogP contribution in [-0.4, -0.2) is 36.2 Å². The minimum absolute atomic E-state index is 0.141. The highest BCUT2D eigenvalue weighted by Gasteiger charge is 2.49. The molecule has 3 N–H and O–H groups in total. The van der Waals surface area contributed by atoms with Crippen LogP contribution in [0.1, 0.15) is 55.8 Å². The highest BCUT2D eigenvalue weighted by atomic mass is 35.5. The van der Waals surface area contributed by atoms with E-state index in [1.807, 2.05) is 0 Å². The van der Waals surface area contributed by atoms with Crippen LogP contribution in [0.25, 0.3) is 0 Å². The first-order valence-electron chi connectivity index (χ1n) is 8.73. The van der Waals surface area contributed by atoms with Gasteiger partial charge in [0, 0.05) is 18.7 Å². The number of amides is 1. The fourth-order valence-corrected chi connectivity index (χ4v) is 4.45. The lowest BCUT2D eigenvalue weighted by atomic mass is 9.95. The van der Waals surface area contributed by atoms with Crippen molar-refractivity contribution < 1.29 is 9.53 Å². The predicted molar refractivity (Wildman–Crippen MR) is 96.5 cm³/mol. The Hall–Kier alpha value is -1.46. The molecular weight excluding hydrogens is 326 g/mol. The summed E-state index contributed by atoms with van der Waals surface area (Å²) in [5, 5.41) is 3.68. The van der Waals surface area contributed by atoms with E-state index in [1.165, 1.54) is 13.5 Å². The first-order chi connectivity index (χ1) is 11.5. The van der Waals surface area contributed by atoms with Crippen molar-refractivity contribution in [1.82, 2.24) is 10.2 Å². The highest BCUT2D eigenvalue weighted by Crippen LogP contribution is 2.43. The number of hydrogen-bond acceptors (Lipinski definition) is 4. The molecule has 0 aliphatic carbocycles. The summed E-state index contributed by atoms with van der Waals surface area (Å²) in [6.07, 6.45) is 6.64. The predicted octanol–water partition coefficient (Wildman–Crippen LogP) is 3.42. The van der Waals surface area contributed by atoms with E-state index in [2.05, 4.69) is 17.1 Å². The van der Waals surface area contributed by atoms with Gasteiger partial charge in [0.2, 0.25) is 0 Å². The second-order valence-electron chi connectivity index (χ2n) is 6.84. The van der Waals surface area contributed by atoms with Crippen LogP contribution in [0, 0.1) is 0 Å². The Labute approximate surface area is 148 Å². The Morgan fingerprint density at radius 1 is 1.46 bits per heavy atom. The Morgan fingerprint density at radius 2 is 2.25 bits per heavy atom. The number of ether oxygens (including phenoxy) is 1. The zero-order valence-corrected chi connectivity index (χ0v) is 15.2. The smallest absolute Gasteiger partial charge is 0.256 e. The van der Waals surface area contributed by atoms with Gasteiger partial charge in [0.05, 0.1) is 29.0 Å². The largest absolute Gasteiger partial charge is 0.496 e. The highest BCUT2D eigenvalue weighted by molar-refractivity contribution is 6.33. The van der Waals surface area contributed by atoms with E-state index in [4.69, 9.17) is 22.1 Å². The molecule has 2 bridgehead atoms. The number of anilines is 1. The van der Waals surface area contributed by atoms with Gasteiger partial charge in [0.25, 0.3) is 5.91 Å². The number of nitrogen functional groups attached to an aromatic ring is 1. The van der Waals surface area contributed by atoms with Crippen molar-refractivity contribution in [1.29, 1.82) is 0 Å². The number of halogens is 1. The lowest BCUT2D eigenvalue weighted by Crippen LogP contribution is -2.61. The third-order valence-corrected chi connectivity index (χ3v) is 5.71. The molecule has 0 saturated carbocycles. The summed E-state index contributed by atoms with van der Waals surface area (Å²) in [6.45, 7) is 3.21. The zero-order valence-electron chi connectivity index (χ0n) is 14.4. The van der Waals surface area contributed by atoms with Gasteiger partial charge in [0.1, 0.15) is 5.75 Å². The first-order valence-corrected chi connectivity index (χ1v) is 9.11. The number of carbonyl (C=O) groups excluding carboxylic acids is 1. The van der Waals surface area contributed by atoms with Crippen molar-refractivity contribution in [2.75, 3.05) is 19.4 Å². The number of benzene rings is 1. The fraction of sp³-hybridized carbons (Fsp3) is 0.611. The van der Waals surface area contributed by atoms with Gasteiger partial charge in [-0.15, -0.1) is 0 Å². The second-order valence-corrected chi connectivity index (χ2v) is 7.25. The number of rotatable bonds is 5. The van der Waals surface area contributed by atoms with E-state index in [0.717, 1.165) is 38.6 Å². The molecule has 0 aromatic heterocycles. The van der Waals surface area contributed by atoms with E-state index in [1.54, 1.807) is 12.1 Å². The summed E-state index contributed by atoms with van der Waals surface area (Å²) in [5.74, 6) is 0.315. The van der Waals surface area contributed by atoms with E-state index in [0.29, 0.717) is 28.1 Å². The van der Waals surface area contributed by atoms with Crippen molar-refractivity contribution in [2.24, 2.45) is 0 Å². The van der Waals surface area contributed by atoms with Gasteiger partial charge in [-0.1, -0.05) is 18.5 Å². The molecule has 24 heavy (non-hydrogen) atoms. The molecule has 132 valence electrons. The average Bonchev–Trinajstić information content (AvgIpc) is 2.76. The Kier molecular flexibility index (Phi) is 4.92. The fourth-order valence-electron chi connectivity index (χ4n) is 4.28. The normalized spacial score (nSPS) is 26.4. The van der Waals surface area contributed by atoms with Gasteiger partial charge < -0.3 is 15.8 Å². The molecule has 0 radical (unpaired) electrons. The number of hydrogen-bond donors (Lipinski definition) is 2. The molecular formula is C18H26ClN3O2. The third-order valence-electron chi connectivity index (χ3n) is 5.38. The SMILES string of the molecule is CCCN1C2CCCC1(NC(=O)c1cc(Cl)c(N)cc1OC)CC2. The minimum Gasteiger partial charge on any atom is -0.496 e. The van der Waals surface area contributed by atoms with Crippen molar-refractivity contribution in [3.05, 3.63) is 22.7 Å². The molecule has 2 saturated heterocycles. The van der Waals surface area contributed by atoms with Crippen LogP contribution in [-0.2, 0) is 0 Å². The van der Waals surface area contributed by atoms with Crippen LogP contribution in [0.3, 0.4) is 0 Å². The van der Waals surface area contributed by atoms with Crippen LogP contribution < -0.4 is 15.8 Å². The van der Waals surface area contributed by atoms with Crippen molar-refractivity contribution in [2.45, 2.75) is 57.2 Å². The number of piperidine rings is 1. The Bertz CT molecular complexity index is 633. The van der Waals surface area contributed by atoms with Gasteiger partial charge >= 0.3 is 0 Å². The van der Waals surface area contributed by atoms with Crippen LogP contribution >= 0.6 is 11.6 Å². The molecule has 2 heterocycles. The maximum Gasteiger partial charge on any atom is 0.256 e. The van der Waals surface area contributed by atoms with Crippen molar-refractivity contribution >= 4 is 23.2 Å². The molecule has 2 fully saturated rings. The quantitative estimate of drug-likeness (QED) is 0.798. The van der Waals surface area contributed by atoms with E-state index in [-0.39, 0.29) is 11.6 Å². The number of fused-ring (bicyclic) bond motifs is 2. The minimum atomic E-state index is -0.227. The number of nitrogens with two attached hydrogens (primary N) is 1. The molecule has 5 nitrogen and oxygen atoms in total. The maximum absolute atomic E-state index is 13.0. The molecule has 2 atom stereocenters. The molecule has 1 aromatic rings. The topological polar surface area (TPSA) is 67.6 Å². The zero-order chi connectivity index (χ0) is 17.3. The monoisotopic (exact) mass is 351 g/mol. The summed E-state index contributed by atoms with van der Waals surface area (Å²) >= 11 is 6.11. The van der Waals surface area contributed by atoms with Gasteiger partial charge in [-0.2, -0.15) is 0 Å². The summed E-state index contributed by atoms with van der Waals surface area (Å²) in [7, 11) is 1.54. The first kappa shape index (κ1) is 17.4. The molecule has 2 aliphatic heterocycles. The van der Waals surface area contributed by atoms with Crippen LogP contribution in [0.2, 0.25) is 5.02 Å². The molecule has 1 amide bonds. The summed E-state index contributed by atoms with van der Waals surface area (Å²) in [6, 6.07) is 3.80. The van der Waals surface area contributed by atoms with Crippen LogP contribution in [0.5, 0.6) is 5.75 Å². The summed E-state index contributed by atoms with van der Waals surface area (Å²) in [4.78, 5) is 15.5. The molecule has 3 rings (SSSR count). The van der Waals surface area contributed by atoms with Gasteiger partial charge in [-0.3, -0.25) is 9.69 Å². The lowest BCUT2D eigenvalue weighted by molar-refractivity contribution is 0.0246. The standard InChI is InChI=1S/C18H26ClN3O2/c1-3-9-22-12-5-4-7-18(22,8-6-12)21-17(23)13-10-14(19)15(20)11-16(13)24-2/h10-12H,3-9,20H2,1-2H3,(H,21,23). The summed E-state index contributed by atoms with van der Waals surface area (Å²) < 4.78 is 5.33. The maximum atomic E-state index is 13.0. The van der Waals surface area contributed by atoms with E-state index >= 15 is 0 Å². The number of carbonyl (C=O) groups is 1. The number of methoxy groups -OCH3 is 1. The molecule has 2 unspecified atom stereocenters. The van der Waals surface area contributed by atoms with E-state index < -0.39 is 0 Å². The summed E-state index contributed by atoms with van der Waals surface area (Å²) in [5.41, 5.74) is 6.44. The van der Waals surface area contributed by atoms with Gasteiger partial charge in [0.15, 0.2) is 0 Å². The van der Waals surface area contributed by atoms with Gasteiger partial charge in [-0.05, 0) is 44.6 Å². The third kappa shape index (κ3) is 2.95. The average molecular weight is 352 g/mol. The molecule has 1 aromatic carbocycles. The lowest BCUT2D eigenvalue weighted by Gasteiger charge is -2.45. The Morgan fingerprint density at radius 3 is 2.96 bits per heavy atom. The molecule has 2 aliphatic rings. The van der Waals surface area contributed by atoms with Crippen LogP contribution in [0.15, 0.2) is 12.1 Å². The van der Waals surface area contributed by atoms with Crippen molar-refractivity contribution in [3.8, 4) is 5.75 Å². The van der Waals surface area contributed by atoms with Crippen LogP contribution in [0.4, 0.5) is 5.69 Å². The number of nitrogens with zero attached hydrogens (tertiary/aromatic N) is 1. The Balaban J connectivity index is 1.87. The molecule has 0 spiro atoms. The number of nitrogens with one attached hydrogen (secondary N) is 1.